The van der Waals surface area contributed by atoms with Crippen molar-refractivity contribution < 1.29 is 14.5 Å². The van der Waals surface area contributed by atoms with Crippen LogP contribution in [0.1, 0.15) is 27.6 Å². The van der Waals surface area contributed by atoms with E-state index in [1.54, 1.807) is 24.3 Å². The molecule has 0 amide bonds. The van der Waals surface area contributed by atoms with E-state index in [0.717, 1.165) is 0 Å². The van der Waals surface area contributed by atoms with Crippen molar-refractivity contribution in [2.75, 3.05) is 0 Å². The molecule has 1 unspecified atom stereocenters. The maximum absolute atomic E-state index is 12.1. The van der Waals surface area contributed by atoms with Gasteiger partial charge < -0.3 is 4.74 Å². The van der Waals surface area contributed by atoms with E-state index in [0.29, 0.717) is 27.6 Å². The predicted octanol–water partition coefficient (Wildman–Crippen LogP) is 4.36. The lowest BCUT2D eigenvalue weighted by Gasteiger charge is -2.26. The summed E-state index contributed by atoms with van der Waals surface area (Å²) in [5.41, 5.74) is 1.27. The SMILES string of the molecule is O=C1OC(c2c(Cl)cccc2Cl)Cc2ccc([N+](=O)[O-])cc21. The zero-order chi connectivity index (χ0) is 15.9. The molecule has 0 saturated carbocycles. The number of hydrogen-bond donors (Lipinski definition) is 0. The fraction of sp³-hybridized carbons (Fsp3) is 0.133. The van der Waals surface area contributed by atoms with Crippen LogP contribution in [0, 0.1) is 10.1 Å². The Balaban J connectivity index is 2.02. The van der Waals surface area contributed by atoms with Gasteiger partial charge >= 0.3 is 5.97 Å². The summed E-state index contributed by atoms with van der Waals surface area (Å²) in [5, 5.41) is 11.6. The number of nitro groups is 1. The minimum atomic E-state index is -0.620. The molecular weight excluding hydrogens is 329 g/mol. The van der Waals surface area contributed by atoms with Crippen LogP contribution in [0.25, 0.3) is 0 Å². The van der Waals surface area contributed by atoms with Crippen molar-refractivity contribution in [1.82, 2.24) is 0 Å². The quantitative estimate of drug-likeness (QED) is 0.464. The molecular formula is C15H9Cl2NO4. The van der Waals surface area contributed by atoms with Gasteiger partial charge in [-0.1, -0.05) is 35.3 Å². The number of carbonyl (C=O) groups is 1. The number of nitrogens with zero attached hydrogens (tertiary/aromatic N) is 1. The highest BCUT2D eigenvalue weighted by molar-refractivity contribution is 6.36. The average Bonchev–Trinajstić information content (AvgIpc) is 2.46. The lowest BCUT2D eigenvalue weighted by atomic mass is 9.94. The molecule has 3 rings (SSSR count). The Morgan fingerprint density at radius 3 is 2.50 bits per heavy atom. The lowest BCUT2D eigenvalue weighted by Crippen LogP contribution is -2.22. The number of fused-ring (bicyclic) bond motifs is 1. The molecule has 7 heteroatoms. The van der Waals surface area contributed by atoms with Crippen molar-refractivity contribution in [2.24, 2.45) is 0 Å². The van der Waals surface area contributed by atoms with Crippen molar-refractivity contribution in [3.63, 3.8) is 0 Å². The molecule has 0 fully saturated rings. The van der Waals surface area contributed by atoms with Crippen LogP contribution >= 0.6 is 23.2 Å². The predicted molar refractivity (Wildman–Crippen MR) is 81.4 cm³/mol. The smallest absolute Gasteiger partial charge is 0.339 e. The summed E-state index contributed by atoms with van der Waals surface area (Å²) in [4.78, 5) is 22.4. The van der Waals surface area contributed by atoms with Crippen molar-refractivity contribution in [3.05, 3.63) is 73.2 Å². The molecule has 1 aliphatic rings. The number of benzene rings is 2. The van der Waals surface area contributed by atoms with Gasteiger partial charge in [-0.15, -0.1) is 0 Å². The second kappa shape index (κ2) is 5.59. The third-order valence-corrected chi connectivity index (χ3v) is 4.16. The summed E-state index contributed by atoms with van der Waals surface area (Å²) < 4.78 is 5.36. The van der Waals surface area contributed by atoms with E-state index >= 15 is 0 Å². The van der Waals surface area contributed by atoms with Crippen LogP contribution in [0.15, 0.2) is 36.4 Å². The van der Waals surface area contributed by atoms with Gasteiger partial charge in [-0.05, 0) is 17.7 Å². The van der Waals surface area contributed by atoms with Gasteiger partial charge in [-0.3, -0.25) is 10.1 Å². The molecule has 112 valence electrons. The first-order valence-electron chi connectivity index (χ1n) is 6.39. The standard InChI is InChI=1S/C15H9Cl2NO4/c16-11-2-1-3-12(17)14(11)13-6-8-4-5-9(18(20)21)7-10(8)15(19)22-13/h1-5,7,13H,6H2. The monoisotopic (exact) mass is 337 g/mol. The lowest BCUT2D eigenvalue weighted by molar-refractivity contribution is -0.384. The van der Waals surface area contributed by atoms with E-state index in [2.05, 4.69) is 0 Å². The molecule has 1 heterocycles. The van der Waals surface area contributed by atoms with Crippen LogP contribution in [0.5, 0.6) is 0 Å². The van der Waals surface area contributed by atoms with Gasteiger partial charge in [0.15, 0.2) is 0 Å². The number of carbonyl (C=O) groups excluding carboxylic acids is 1. The minimum absolute atomic E-state index is 0.148. The van der Waals surface area contributed by atoms with Crippen molar-refractivity contribution in [3.8, 4) is 0 Å². The van der Waals surface area contributed by atoms with Crippen molar-refractivity contribution in [2.45, 2.75) is 12.5 Å². The second-order valence-electron chi connectivity index (χ2n) is 4.83. The van der Waals surface area contributed by atoms with Crippen LogP contribution in [0.4, 0.5) is 5.69 Å². The molecule has 2 aromatic rings. The topological polar surface area (TPSA) is 69.4 Å². The first-order chi connectivity index (χ1) is 10.5. The molecule has 0 aromatic heterocycles. The highest BCUT2D eigenvalue weighted by atomic mass is 35.5. The van der Waals surface area contributed by atoms with Crippen molar-refractivity contribution in [1.29, 1.82) is 0 Å². The number of rotatable bonds is 2. The third kappa shape index (κ3) is 2.53. The third-order valence-electron chi connectivity index (χ3n) is 3.50. The molecule has 0 spiro atoms. The highest BCUT2D eigenvalue weighted by Gasteiger charge is 2.31. The Morgan fingerprint density at radius 2 is 1.86 bits per heavy atom. The van der Waals surface area contributed by atoms with E-state index in [1.807, 2.05) is 0 Å². The molecule has 0 bridgehead atoms. The van der Waals surface area contributed by atoms with Crippen LogP contribution in [-0.4, -0.2) is 10.9 Å². The molecule has 1 aliphatic heterocycles. The average molecular weight is 338 g/mol. The summed E-state index contributed by atoms with van der Waals surface area (Å²) in [6, 6.07) is 9.19. The van der Waals surface area contributed by atoms with E-state index < -0.39 is 17.0 Å². The Bertz CT molecular complexity index is 771. The first-order valence-corrected chi connectivity index (χ1v) is 7.15. The minimum Gasteiger partial charge on any atom is -0.453 e. The molecule has 1 atom stereocenters. The van der Waals surface area contributed by atoms with Gasteiger partial charge in [-0.2, -0.15) is 0 Å². The molecule has 0 radical (unpaired) electrons. The number of esters is 1. The summed E-state index contributed by atoms with van der Waals surface area (Å²) in [7, 11) is 0. The Kier molecular flexibility index (Phi) is 3.76. The Hall–Kier alpha value is -2.11. The first kappa shape index (κ1) is 14.8. The van der Waals surface area contributed by atoms with Gasteiger partial charge in [0.1, 0.15) is 6.10 Å². The fourth-order valence-corrected chi connectivity index (χ4v) is 3.10. The number of nitro benzene ring substituents is 1. The van der Waals surface area contributed by atoms with E-state index in [4.69, 9.17) is 27.9 Å². The Labute approximate surface area is 135 Å². The number of ether oxygens (including phenoxy) is 1. The zero-order valence-corrected chi connectivity index (χ0v) is 12.6. The normalized spacial score (nSPS) is 16.8. The molecule has 0 N–H and O–H groups in total. The maximum Gasteiger partial charge on any atom is 0.339 e. The molecule has 22 heavy (non-hydrogen) atoms. The molecule has 5 nitrogen and oxygen atoms in total. The number of hydrogen-bond acceptors (Lipinski definition) is 4. The number of non-ortho nitro benzene ring substituents is 1. The fourth-order valence-electron chi connectivity index (χ4n) is 2.46. The van der Waals surface area contributed by atoms with Gasteiger partial charge in [0, 0.05) is 34.2 Å². The molecule has 0 saturated heterocycles. The van der Waals surface area contributed by atoms with Crippen molar-refractivity contribution >= 4 is 34.9 Å². The van der Waals surface area contributed by atoms with Gasteiger partial charge in [0.25, 0.3) is 5.69 Å². The van der Waals surface area contributed by atoms with E-state index in [1.165, 1.54) is 12.1 Å². The van der Waals surface area contributed by atoms with E-state index in [-0.39, 0.29) is 11.3 Å². The highest BCUT2D eigenvalue weighted by Crippen LogP contribution is 2.38. The largest absolute Gasteiger partial charge is 0.453 e. The van der Waals surface area contributed by atoms with E-state index in [9.17, 15) is 14.9 Å². The number of halogens is 2. The summed E-state index contributed by atoms with van der Waals surface area (Å²) in [6.45, 7) is 0. The Morgan fingerprint density at radius 1 is 1.18 bits per heavy atom. The summed E-state index contributed by atoms with van der Waals surface area (Å²) in [5.74, 6) is -0.620. The van der Waals surface area contributed by atoms with Crippen LogP contribution in [0.2, 0.25) is 10.0 Å². The molecule has 2 aromatic carbocycles. The van der Waals surface area contributed by atoms with Gasteiger partial charge in [0.2, 0.25) is 0 Å². The number of cyclic esters (lactones) is 1. The maximum atomic E-state index is 12.1. The second-order valence-corrected chi connectivity index (χ2v) is 5.65. The van der Waals surface area contributed by atoms with Crippen LogP contribution in [-0.2, 0) is 11.2 Å². The van der Waals surface area contributed by atoms with Gasteiger partial charge in [0.05, 0.1) is 10.5 Å². The van der Waals surface area contributed by atoms with Crippen LogP contribution in [0.3, 0.4) is 0 Å². The molecule has 0 aliphatic carbocycles. The summed E-state index contributed by atoms with van der Waals surface area (Å²) in [6.07, 6.45) is -0.245. The summed E-state index contributed by atoms with van der Waals surface area (Å²) >= 11 is 12.3. The van der Waals surface area contributed by atoms with Crippen LogP contribution < -0.4 is 0 Å². The zero-order valence-electron chi connectivity index (χ0n) is 11.1. The van der Waals surface area contributed by atoms with Gasteiger partial charge in [-0.25, -0.2) is 4.79 Å².